The summed E-state index contributed by atoms with van der Waals surface area (Å²) in [7, 11) is 0. The molecule has 0 bridgehead atoms. The molecule has 31 heavy (non-hydrogen) atoms. The Balaban J connectivity index is 1.52. The Bertz CT molecular complexity index is 1050. The van der Waals surface area contributed by atoms with E-state index in [4.69, 9.17) is 9.15 Å². The van der Waals surface area contributed by atoms with Crippen LogP contribution in [0, 0.1) is 6.92 Å². The second-order valence-electron chi connectivity index (χ2n) is 6.59. The number of rotatable bonds is 7. The normalized spacial score (nSPS) is 11.1. The van der Waals surface area contributed by atoms with Crippen molar-refractivity contribution in [2.75, 3.05) is 18.5 Å². The van der Waals surface area contributed by atoms with Gasteiger partial charge in [-0.3, -0.25) is 9.59 Å². The molecule has 2 amide bonds. The van der Waals surface area contributed by atoms with E-state index in [2.05, 4.69) is 10.6 Å². The second-order valence-corrected chi connectivity index (χ2v) is 6.59. The summed E-state index contributed by atoms with van der Waals surface area (Å²) >= 11 is 0. The van der Waals surface area contributed by atoms with Crippen LogP contribution in [-0.2, 0) is 6.18 Å². The summed E-state index contributed by atoms with van der Waals surface area (Å²) in [6.45, 7) is 2.00. The number of carbonyl (C=O) groups excluding carboxylic acids is 2. The van der Waals surface area contributed by atoms with E-state index in [0.717, 1.165) is 17.7 Å². The minimum Gasteiger partial charge on any atom is -0.492 e. The predicted octanol–water partition coefficient (Wildman–Crippen LogP) is 4.67. The number of carbonyl (C=O) groups is 2. The third-order valence-corrected chi connectivity index (χ3v) is 4.33. The lowest BCUT2D eigenvalue weighted by atomic mass is 10.1. The van der Waals surface area contributed by atoms with E-state index < -0.39 is 17.6 Å². The van der Waals surface area contributed by atoms with Gasteiger partial charge in [-0.25, -0.2) is 0 Å². The topological polar surface area (TPSA) is 80.6 Å². The van der Waals surface area contributed by atoms with Gasteiger partial charge < -0.3 is 19.8 Å². The van der Waals surface area contributed by atoms with E-state index in [9.17, 15) is 22.8 Å². The van der Waals surface area contributed by atoms with Gasteiger partial charge in [-0.05, 0) is 61.0 Å². The average Bonchev–Trinajstić information content (AvgIpc) is 3.27. The van der Waals surface area contributed by atoms with E-state index in [-0.39, 0.29) is 30.6 Å². The van der Waals surface area contributed by atoms with Gasteiger partial charge in [0.05, 0.1) is 18.4 Å². The van der Waals surface area contributed by atoms with Crippen molar-refractivity contribution in [2.24, 2.45) is 0 Å². The standard InChI is InChI=1S/C22H19F3N2O4/c1-14-4-5-15(13-18(14)27-21(29)19-3-2-11-31-19)20(28)26-10-12-30-17-8-6-16(7-9-17)22(23,24)25/h2-9,11,13H,10,12H2,1H3,(H,26,28)(H,27,29). The molecule has 0 aliphatic heterocycles. The largest absolute Gasteiger partial charge is 0.492 e. The molecular formula is C22H19F3N2O4. The molecule has 2 aromatic carbocycles. The number of hydrogen-bond donors (Lipinski definition) is 2. The molecule has 0 atom stereocenters. The number of aryl methyl sites for hydroxylation is 1. The van der Waals surface area contributed by atoms with Crippen LogP contribution in [-0.4, -0.2) is 25.0 Å². The summed E-state index contributed by atoms with van der Waals surface area (Å²) in [6, 6.07) is 12.3. The molecule has 0 unspecified atom stereocenters. The van der Waals surface area contributed by atoms with E-state index >= 15 is 0 Å². The summed E-state index contributed by atoms with van der Waals surface area (Å²) in [5.41, 5.74) is 0.800. The molecule has 1 aromatic heterocycles. The van der Waals surface area contributed by atoms with E-state index in [1.165, 1.54) is 24.5 Å². The zero-order valence-corrected chi connectivity index (χ0v) is 16.5. The van der Waals surface area contributed by atoms with Crippen LogP contribution in [0.15, 0.2) is 65.3 Å². The highest BCUT2D eigenvalue weighted by Gasteiger charge is 2.30. The van der Waals surface area contributed by atoms with E-state index in [0.29, 0.717) is 11.3 Å². The lowest BCUT2D eigenvalue weighted by Crippen LogP contribution is -2.28. The van der Waals surface area contributed by atoms with Crippen molar-refractivity contribution in [2.45, 2.75) is 13.1 Å². The van der Waals surface area contributed by atoms with Crippen LogP contribution in [0.3, 0.4) is 0 Å². The minimum absolute atomic E-state index is 0.0745. The fraction of sp³-hybridized carbons (Fsp3) is 0.182. The van der Waals surface area contributed by atoms with Crippen molar-refractivity contribution in [1.29, 1.82) is 0 Å². The Labute approximate surface area is 176 Å². The Morgan fingerprint density at radius 2 is 1.77 bits per heavy atom. The number of ether oxygens (including phenoxy) is 1. The van der Waals surface area contributed by atoms with Gasteiger partial charge in [0, 0.05) is 11.3 Å². The van der Waals surface area contributed by atoms with Gasteiger partial charge in [-0.15, -0.1) is 0 Å². The SMILES string of the molecule is Cc1ccc(C(=O)NCCOc2ccc(C(F)(F)F)cc2)cc1NC(=O)c1ccco1. The minimum atomic E-state index is -4.41. The fourth-order valence-electron chi connectivity index (χ4n) is 2.67. The summed E-state index contributed by atoms with van der Waals surface area (Å²) in [5.74, 6) is -0.407. The first-order valence-electron chi connectivity index (χ1n) is 9.28. The van der Waals surface area contributed by atoms with Gasteiger partial charge in [0.15, 0.2) is 5.76 Å². The first kappa shape index (κ1) is 21.9. The Morgan fingerprint density at radius 1 is 1.03 bits per heavy atom. The van der Waals surface area contributed by atoms with Crippen molar-refractivity contribution in [1.82, 2.24) is 5.32 Å². The highest BCUT2D eigenvalue weighted by atomic mass is 19.4. The van der Waals surface area contributed by atoms with Gasteiger partial charge in [-0.2, -0.15) is 13.2 Å². The molecule has 0 saturated carbocycles. The molecule has 0 saturated heterocycles. The maximum Gasteiger partial charge on any atom is 0.416 e. The third-order valence-electron chi connectivity index (χ3n) is 4.33. The number of anilines is 1. The lowest BCUT2D eigenvalue weighted by Gasteiger charge is -2.11. The average molecular weight is 432 g/mol. The number of alkyl halides is 3. The quantitative estimate of drug-likeness (QED) is 0.532. The van der Waals surface area contributed by atoms with Gasteiger partial charge in [0.25, 0.3) is 11.8 Å². The first-order chi connectivity index (χ1) is 14.7. The van der Waals surface area contributed by atoms with Gasteiger partial charge >= 0.3 is 6.18 Å². The maximum atomic E-state index is 12.6. The summed E-state index contributed by atoms with van der Waals surface area (Å²) in [6.07, 6.45) is -3.02. The van der Waals surface area contributed by atoms with Crippen molar-refractivity contribution >= 4 is 17.5 Å². The van der Waals surface area contributed by atoms with E-state index in [1.54, 1.807) is 31.2 Å². The molecule has 3 rings (SSSR count). The molecule has 0 radical (unpaired) electrons. The van der Waals surface area contributed by atoms with Crippen LogP contribution in [0.2, 0.25) is 0 Å². The first-order valence-corrected chi connectivity index (χ1v) is 9.28. The van der Waals surface area contributed by atoms with Crippen LogP contribution in [0.5, 0.6) is 5.75 Å². The van der Waals surface area contributed by atoms with Crippen molar-refractivity contribution in [3.05, 3.63) is 83.3 Å². The van der Waals surface area contributed by atoms with E-state index in [1.807, 2.05) is 0 Å². The number of hydrogen-bond acceptors (Lipinski definition) is 4. The Hall–Kier alpha value is -3.75. The Morgan fingerprint density at radius 3 is 2.42 bits per heavy atom. The van der Waals surface area contributed by atoms with Crippen LogP contribution >= 0.6 is 0 Å². The monoisotopic (exact) mass is 432 g/mol. The predicted molar refractivity (Wildman–Crippen MR) is 107 cm³/mol. The highest BCUT2D eigenvalue weighted by Crippen LogP contribution is 2.30. The third kappa shape index (κ3) is 5.88. The van der Waals surface area contributed by atoms with Gasteiger partial charge in [-0.1, -0.05) is 6.07 Å². The van der Waals surface area contributed by atoms with Crippen LogP contribution in [0.1, 0.15) is 32.0 Å². The summed E-state index contributed by atoms with van der Waals surface area (Å²) in [5, 5.41) is 5.35. The molecular weight excluding hydrogens is 413 g/mol. The molecule has 3 aromatic rings. The molecule has 0 fully saturated rings. The van der Waals surface area contributed by atoms with Crippen molar-refractivity contribution in [3.63, 3.8) is 0 Å². The molecule has 1 heterocycles. The molecule has 0 spiro atoms. The number of amides is 2. The Kier molecular flexibility index (Phi) is 6.64. The fourth-order valence-corrected chi connectivity index (χ4v) is 2.67. The number of halogens is 3. The van der Waals surface area contributed by atoms with Crippen LogP contribution in [0.25, 0.3) is 0 Å². The van der Waals surface area contributed by atoms with Crippen molar-refractivity contribution < 1.29 is 31.9 Å². The molecule has 162 valence electrons. The zero-order valence-electron chi connectivity index (χ0n) is 16.5. The zero-order chi connectivity index (χ0) is 22.4. The van der Waals surface area contributed by atoms with Crippen LogP contribution < -0.4 is 15.4 Å². The van der Waals surface area contributed by atoms with Crippen molar-refractivity contribution in [3.8, 4) is 5.75 Å². The summed E-state index contributed by atoms with van der Waals surface area (Å²) in [4.78, 5) is 24.5. The summed E-state index contributed by atoms with van der Waals surface area (Å²) < 4.78 is 48.1. The highest BCUT2D eigenvalue weighted by molar-refractivity contribution is 6.03. The maximum absolute atomic E-state index is 12.6. The lowest BCUT2D eigenvalue weighted by molar-refractivity contribution is -0.137. The molecule has 9 heteroatoms. The van der Waals surface area contributed by atoms with Crippen LogP contribution in [0.4, 0.5) is 18.9 Å². The molecule has 2 N–H and O–H groups in total. The number of furan rings is 1. The number of benzene rings is 2. The van der Waals surface area contributed by atoms with Gasteiger partial charge in [0.2, 0.25) is 0 Å². The van der Waals surface area contributed by atoms with Gasteiger partial charge in [0.1, 0.15) is 12.4 Å². The molecule has 0 aliphatic carbocycles. The molecule has 6 nitrogen and oxygen atoms in total. The smallest absolute Gasteiger partial charge is 0.416 e. The second kappa shape index (κ2) is 9.38. The molecule has 0 aliphatic rings. The number of nitrogens with one attached hydrogen (secondary N) is 2.